The Labute approximate surface area is 128 Å². The fourth-order valence-electron chi connectivity index (χ4n) is 2.44. The molecule has 0 aliphatic carbocycles. The van der Waals surface area contributed by atoms with Gasteiger partial charge in [-0.15, -0.1) is 0 Å². The highest BCUT2D eigenvalue weighted by Crippen LogP contribution is 2.40. The molecule has 6 heteroatoms. The minimum atomic E-state index is 0.0342. The van der Waals surface area contributed by atoms with E-state index in [0.29, 0.717) is 35.9 Å². The number of benzene rings is 1. The van der Waals surface area contributed by atoms with Crippen molar-refractivity contribution in [3.8, 4) is 11.5 Å². The van der Waals surface area contributed by atoms with Crippen molar-refractivity contribution in [2.75, 3.05) is 31.4 Å². The molecule has 114 valence electrons. The Morgan fingerprint density at radius 3 is 2.48 bits per heavy atom. The number of amides is 1. The number of ether oxygens (including phenoxy) is 2. The van der Waals surface area contributed by atoms with Crippen LogP contribution in [-0.2, 0) is 9.59 Å². The number of carbonyl (C=O) groups is 2. The molecule has 1 aliphatic rings. The van der Waals surface area contributed by atoms with Crippen LogP contribution in [-0.4, -0.2) is 37.5 Å². The summed E-state index contributed by atoms with van der Waals surface area (Å²) in [5.74, 6) is 2.09. The normalized spacial score (nSPS) is 18.0. The molecular weight excluding hydrogens is 290 g/mol. The van der Waals surface area contributed by atoms with Crippen molar-refractivity contribution in [3.63, 3.8) is 0 Å². The van der Waals surface area contributed by atoms with E-state index in [4.69, 9.17) is 9.47 Å². The van der Waals surface area contributed by atoms with Crippen molar-refractivity contribution in [2.24, 2.45) is 5.92 Å². The van der Waals surface area contributed by atoms with Crippen LogP contribution in [0.25, 0.3) is 0 Å². The fourth-order valence-corrected chi connectivity index (χ4v) is 3.14. The zero-order valence-corrected chi connectivity index (χ0v) is 13.2. The lowest BCUT2D eigenvalue weighted by atomic mass is 10.1. The Kier molecular flexibility index (Phi) is 5.12. The summed E-state index contributed by atoms with van der Waals surface area (Å²) in [5.41, 5.74) is 0.669. The maximum atomic E-state index is 12.3. The molecule has 21 heavy (non-hydrogen) atoms. The summed E-state index contributed by atoms with van der Waals surface area (Å²) in [4.78, 5) is 25.0. The molecule has 1 atom stereocenters. The largest absolute Gasteiger partial charge is 0.494 e. The van der Waals surface area contributed by atoms with Gasteiger partial charge in [0.05, 0.1) is 14.2 Å². The molecule has 0 radical (unpaired) electrons. The van der Waals surface area contributed by atoms with Crippen molar-refractivity contribution in [3.05, 3.63) is 18.2 Å². The molecule has 0 spiro atoms. The number of thioether (sulfide) groups is 1. The van der Waals surface area contributed by atoms with E-state index in [-0.39, 0.29) is 16.9 Å². The first kappa shape index (κ1) is 15.7. The second-order valence-electron chi connectivity index (χ2n) is 4.89. The third-order valence-corrected chi connectivity index (χ3v) is 4.44. The second-order valence-corrected chi connectivity index (χ2v) is 6.09. The first-order valence-corrected chi connectivity index (χ1v) is 7.70. The van der Waals surface area contributed by atoms with Gasteiger partial charge in [-0.3, -0.25) is 9.59 Å². The van der Waals surface area contributed by atoms with Crippen LogP contribution in [0.1, 0.15) is 13.3 Å². The number of nitrogens with zero attached hydrogens (tertiary/aromatic N) is 1. The minimum absolute atomic E-state index is 0.0342. The van der Waals surface area contributed by atoms with Gasteiger partial charge < -0.3 is 14.4 Å². The standard InChI is InChI=1S/C15H19NO4S/c1-10(17)21-9-11-7-14(18)16(8-11)15-12(19-2)5-4-6-13(15)20-3/h4-6,11H,7-9H2,1-3H3. The summed E-state index contributed by atoms with van der Waals surface area (Å²) >= 11 is 1.27. The summed E-state index contributed by atoms with van der Waals surface area (Å²) in [7, 11) is 3.14. The molecule has 0 aromatic heterocycles. The molecule has 1 unspecified atom stereocenters. The molecule has 1 aliphatic heterocycles. The van der Waals surface area contributed by atoms with Gasteiger partial charge in [0.2, 0.25) is 5.91 Å². The molecule has 1 heterocycles. The van der Waals surface area contributed by atoms with Gasteiger partial charge in [-0.2, -0.15) is 0 Å². The van der Waals surface area contributed by atoms with Crippen molar-refractivity contribution in [2.45, 2.75) is 13.3 Å². The van der Waals surface area contributed by atoms with E-state index in [2.05, 4.69) is 0 Å². The summed E-state index contributed by atoms with van der Waals surface area (Å²) in [6.45, 7) is 2.12. The predicted octanol–water partition coefficient (Wildman–Crippen LogP) is 2.34. The van der Waals surface area contributed by atoms with Gasteiger partial charge in [0.25, 0.3) is 0 Å². The SMILES string of the molecule is COc1cccc(OC)c1N1CC(CSC(C)=O)CC1=O. The van der Waals surface area contributed by atoms with Crippen molar-refractivity contribution < 1.29 is 19.1 Å². The van der Waals surface area contributed by atoms with Crippen molar-refractivity contribution in [1.29, 1.82) is 0 Å². The third kappa shape index (κ3) is 3.50. The number of rotatable bonds is 5. The van der Waals surface area contributed by atoms with Crippen LogP contribution in [0.5, 0.6) is 11.5 Å². The minimum Gasteiger partial charge on any atom is -0.494 e. The first-order chi connectivity index (χ1) is 10.1. The molecular formula is C15H19NO4S. The van der Waals surface area contributed by atoms with Gasteiger partial charge in [-0.25, -0.2) is 0 Å². The summed E-state index contributed by atoms with van der Waals surface area (Å²) in [5, 5.41) is 0.0794. The Morgan fingerprint density at radius 2 is 1.95 bits per heavy atom. The van der Waals surface area contributed by atoms with E-state index in [9.17, 15) is 9.59 Å². The Morgan fingerprint density at radius 1 is 1.33 bits per heavy atom. The number of hydrogen-bond donors (Lipinski definition) is 0. The molecule has 5 nitrogen and oxygen atoms in total. The monoisotopic (exact) mass is 309 g/mol. The number of para-hydroxylation sites is 1. The molecule has 2 rings (SSSR count). The molecule has 1 aromatic carbocycles. The van der Waals surface area contributed by atoms with Crippen LogP contribution in [0.4, 0.5) is 5.69 Å². The Balaban J connectivity index is 2.22. The molecule has 0 saturated carbocycles. The smallest absolute Gasteiger partial charge is 0.227 e. The fraction of sp³-hybridized carbons (Fsp3) is 0.467. The molecule has 1 saturated heterocycles. The Bertz CT molecular complexity index is 524. The van der Waals surface area contributed by atoms with Gasteiger partial charge in [0, 0.05) is 25.6 Å². The van der Waals surface area contributed by atoms with Gasteiger partial charge in [0.1, 0.15) is 17.2 Å². The van der Waals surface area contributed by atoms with E-state index in [1.54, 1.807) is 26.0 Å². The van der Waals surface area contributed by atoms with Crippen LogP contribution >= 0.6 is 11.8 Å². The Hall–Kier alpha value is -1.69. The predicted molar refractivity (Wildman–Crippen MR) is 83.1 cm³/mol. The van der Waals surface area contributed by atoms with Gasteiger partial charge in [0.15, 0.2) is 5.12 Å². The lowest BCUT2D eigenvalue weighted by molar-refractivity contribution is -0.117. The highest BCUT2D eigenvalue weighted by atomic mass is 32.2. The topological polar surface area (TPSA) is 55.8 Å². The van der Waals surface area contributed by atoms with Gasteiger partial charge >= 0.3 is 0 Å². The molecule has 1 amide bonds. The summed E-state index contributed by atoms with van der Waals surface area (Å²) in [6, 6.07) is 5.44. The second kappa shape index (κ2) is 6.85. The van der Waals surface area contributed by atoms with Crippen molar-refractivity contribution in [1.82, 2.24) is 0 Å². The van der Waals surface area contributed by atoms with E-state index >= 15 is 0 Å². The maximum Gasteiger partial charge on any atom is 0.227 e. The summed E-state index contributed by atoms with van der Waals surface area (Å²) < 4.78 is 10.7. The van der Waals surface area contributed by atoms with E-state index in [1.165, 1.54) is 11.8 Å². The number of carbonyl (C=O) groups excluding carboxylic acids is 2. The van der Waals surface area contributed by atoms with E-state index < -0.39 is 0 Å². The van der Waals surface area contributed by atoms with Crippen LogP contribution in [0.2, 0.25) is 0 Å². The molecule has 0 bridgehead atoms. The average Bonchev–Trinajstić information content (AvgIpc) is 2.84. The number of hydrogen-bond acceptors (Lipinski definition) is 5. The van der Waals surface area contributed by atoms with E-state index in [1.807, 2.05) is 18.2 Å². The van der Waals surface area contributed by atoms with Crippen LogP contribution in [0, 0.1) is 5.92 Å². The van der Waals surface area contributed by atoms with Crippen molar-refractivity contribution >= 4 is 28.5 Å². The molecule has 1 fully saturated rings. The van der Waals surface area contributed by atoms with E-state index in [0.717, 1.165) is 0 Å². The summed E-state index contributed by atoms with van der Waals surface area (Å²) in [6.07, 6.45) is 0.446. The zero-order valence-electron chi connectivity index (χ0n) is 12.4. The lowest BCUT2D eigenvalue weighted by Crippen LogP contribution is -2.25. The quantitative estimate of drug-likeness (QED) is 0.835. The lowest BCUT2D eigenvalue weighted by Gasteiger charge is -2.22. The molecule has 0 N–H and O–H groups in total. The van der Waals surface area contributed by atoms with Crippen LogP contribution < -0.4 is 14.4 Å². The maximum absolute atomic E-state index is 12.3. The third-order valence-electron chi connectivity index (χ3n) is 3.40. The average molecular weight is 309 g/mol. The number of methoxy groups -OCH3 is 2. The highest BCUT2D eigenvalue weighted by Gasteiger charge is 2.34. The molecule has 1 aromatic rings. The van der Waals surface area contributed by atoms with Gasteiger partial charge in [-0.1, -0.05) is 17.8 Å². The van der Waals surface area contributed by atoms with Gasteiger partial charge in [-0.05, 0) is 18.1 Å². The van der Waals surface area contributed by atoms with Crippen LogP contribution in [0.15, 0.2) is 18.2 Å². The zero-order chi connectivity index (χ0) is 15.4. The first-order valence-electron chi connectivity index (χ1n) is 6.71. The number of anilines is 1. The van der Waals surface area contributed by atoms with Crippen LogP contribution in [0.3, 0.4) is 0 Å². The highest BCUT2D eigenvalue weighted by molar-refractivity contribution is 8.13.